The van der Waals surface area contributed by atoms with Gasteiger partial charge in [-0.05, 0) is 12.3 Å². The van der Waals surface area contributed by atoms with Gasteiger partial charge in [-0.25, -0.2) is 0 Å². The van der Waals surface area contributed by atoms with E-state index in [9.17, 15) is 9.59 Å². The molecule has 19 heavy (non-hydrogen) atoms. The van der Waals surface area contributed by atoms with Gasteiger partial charge in [0, 0.05) is 0 Å². The van der Waals surface area contributed by atoms with Crippen molar-refractivity contribution in [2.75, 3.05) is 19.8 Å². The summed E-state index contributed by atoms with van der Waals surface area (Å²) in [5.41, 5.74) is 11.1. The predicted octanol–water partition coefficient (Wildman–Crippen LogP) is -0.425. The van der Waals surface area contributed by atoms with Gasteiger partial charge in [-0.15, -0.1) is 6.58 Å². The van der Waals surface area contributed by atoms with Crippen LogP contribution in [0.15, 0.2) is 12.7 Å². The van der Waals surface area contributed by atoms with Crippen molar-refractivity contribution in [3.8, 4) is 0 Å². The minimum absolute atomic E-state index is 0.0716. The van der Waals surface area contributed by atoms with Crippen molar-refractivity contribution in [1.29, 1.82) is 0 Å². The molecule has 0 aliphatic heterocycles. The van der Waals surface area contributed by atoms with Gasteiger partial charge < -0.3 is 21.5 Å². The maximum Gasteiger partial charge on any atom is 0.237 e. The lowest BCUT2D eigenvalue weighted by Crippen LogP contribution is -2.52. The molecule has 0 aromatic carbocycles. The Bertz CT molecular complexity index is 306. The number of Topliss-reactive ketones (excluding diaryl/α,β-unsaturated/α-hetero) is 1. The van der Waals surface area contributed by atoms with E-state index in [2.05, 4.69) is 11.9 Å². The standard InChI is InChI=1S/C13H25N3O3/c1-4-5-19-8-11(12(17)7-14)16-13(18)10(15)6-9(2)3/h4,9-11H,1,5-8,14-15H2,2-3H3,(H,16,18)/t10-,11+/m1/s1. The van der Waals surface area contributed by atoms with E-state index in [0.717, 1.165) is 0 Å². The van der Waals surface area contributed by atoms with Crippen LogP contribution in [-0.2, 0) is 14.3 Å². The molecule has 0 saturated heterocycles. The highest BCUT2D eigenvalue weighted by molar-refractivity contribution is 5.91. The Morgan fingerprint density at radius 2 is 2.05 bits per heavy atom. The Balaban J connectivity index is 4.40. The number of ketones is 1. The summed E-state index contributed by atoms with van der Waals surface area (Å²) >= 11 is 0. The average molecular weight is 271 g/mol. The maximum atomic E-state index is 11.8. The quantitative estimate of drug-likeness (QED) is 0.369. The number of nitrogens with one attached hydrogen (secondary N) is 1. The van der Waals surface area contributed by atoms with Crippen molar-refractivity contribution in [3.05, 3.63) is 12.7 Å². The van der Waals surface area contributed by atoms with Gasteiger partial charge in [0.15, 0.2) is 5.78 Å². The van der Waals surface area contributed by atoms with E-state index in [0.29, 0.717) is 18.9 Å². The fourth-order valence-corrected chi connectivity index (χ4v) is 1.52. The molecular weight excluding hydrogens is 246 g/mol. The number of hydrogen-bond acceptors (Lipinski definition) is 5. The number of ether oxygens (including phenoxy) is 1. The molecule has 6 heteroatoms. The van der Waals surface area contributed by atoms with Gasteiger partial charge in [0.2, 0.25) is 5.91 Å². The van der Waals surface area contributed by atoms with Crippen molar-refractivity contribution in [2.24, 2.45) is 17.4 Å². The van der Waals surface area contributed by atoms with Crippen molar-refractivity contribution in [3.63, 3.8) is 0 Å². The first-order chi connectivity index (χ1) is 8.92. The summed E-state index contributed by atoms with van der Waals surface area (Å²) in [4.78, 5) is 23.4. The molecule has 0 aromatic rings. The number of carbonyl (C=O) groups is 2. The highest BCUT2D eigenvalue weighted by atomic mass is 16.5. The molecule has 0 radical (unpaired) electrons. The molecule has 2 atom stereocenters. The molecule has 110 valence electrons. The first-order valence-corrected chi connectivity index (χ1v) is 6.39. The Kier molecular flexibility index (Phi) is 9.03. The van der Waals surface area contributed by atoms with Crippen LogP contribution in [0, 0.1) is 5.92 Å². The largest absolute Gasteiger partial charge is 0.375 e. The van der Waals surface area contributed by atoms with Crippen molar-refractivity contribution < 1.29 is 14.3 Å². The zero-order valence-corrected chi connectivity index (χ0v) is 11.7. The van der Waals surface area contributed by atoms with Crippen LogP contribution in [-0.4, -0.2) is 43.5 Å². The van der Waals surface area contributed by atoms with Crippen LogP contribution in [0.5, 0.6) is 0 Å². The van der Waals surface area contributed by atoms with Crippen LogP contribution in [0.1, 0.15) is 20.3 Å². The van der Waals surface area contributed by atoms with Crippen LogP contribution in [0.2, 0.25) is 0 Å². The van der Waals surface area contributed by atoms with E-state index >= 15 is 0 Å². The van der Waals surface area contributed by atoms with Gasteiger partial charge >= 0.3 is 0 Å². The molecule has 0 rings (SSSR count). The number of hydrogen-bond donors (Lipinski definition) is 3. The molecule has 0 fully saturated rings. The highest BCUT2D eigenvalue weighted by Gasteiger charge is 2.23. The van der Waals surface area contributed by atoms with E-state index in [1.807, 2.05) is 13.8 Å². The van der Waals surface area contributed by atoms with Crippen molar-refractivity contribution in [2.45, 2.75) is 32.4 Å². The lowest BCUT2D eigenvalue weighted by atomic mass is 10.0. The minimum Gasteiger partial charge on any atom is -0.375 e. The van der Waals surface area contributed by atoms with Crippen LogP contribution >= 0.6 is 0 Å². The Morgan fingerprint density at radius 1 is 1.42 bits per heavy atom. The van der Waals surface area contributed by atoms with Gasteiger partial charge in [-0.2, -0.15) is 0 Å². The fraction of sp³-hybridized carbons (Fsp3) is 0.692. The third kappa shape index (κ3) is 7.71. The number of amides is 1. The van der Waals surface area contributed by atoms with Crippen molar-refractivity contribution >= 4 is 11.7 Å². The van der Waals surface area contributed by atoms with Gasteiger partial charge in [0.05, 0.1) is 25.8 Å². The number of rotatable bonds is 10. The minimum atomic E-state index is -0.754. The summed E-state index contributed by atoms with van der Waals surface area (Å²) in [5.74, 6) is -0.335. The molecule has 5 N–H and O–H groups in total. The topological polar surface area (TPSA) is 107 Å². The summed E-state index contributed by atoms with van der Waals surface area (Å²) in [6, 6.07) is -1.39. The Hall–Kier alpha value is -1.24. The molecule has 0 aromatic heterocycles. The third-order valence-electron chi connectivity index (χ3n) is 2.49. The van der Waals surface area contributed by atoms with E-state index in [-0.39, 0.29) is 24.8 Å². The Labute approximate surface area is 114 Å². The van der Waals surface area contributed by atoms with Crippen LogP contribution in [0.25, 0.3) is 0 Å². The molecular formula is C13H25N3O3. The lowest BCUT2D eigenvalue weighted by Gasteiger charge is -2.20. The molecule has 0 aliphatic carbocycles. The van der Waals surface area contributed by atoms with E-state index < -0.39 is 12.1 Å². The molecule has 0 saturated carbocycles. The maximum absolute atomic E-state index is 11.8. The smallest absolute Gasteiger partial charge is 0.237 e. The third-order valence-corrected chi connectivity index (χ3v) is 2.49. The van der Waals surface area contributed by atoms with Gasteiger partial charge in [0.25, 0.3) is 0 Å². The summed E-state index contributed by atoms with van der Waals surface area (Å²) in [6.07, 6.45) is 2.12. The molecule has 1 amide bonds. The van der Waals surface area contributed by atoms with Crippen LogP contribution in [0.3, 0.4) is 0 Å². The first-order valence-electron chi connectivity index (χ1n) is 6.39. The summed E-state index contributed by atoms with van der Waals surface area (Å²) in [6.45, 7) is 7.68. The number of nitrogens with two attached hydrogens (primary N) is 2. The zero-order valence-electron chi connectivity index (χ0n) is 11.7. The Morgan fingerprint density at radius 3 is 2.53 bits per heavy atom. The first kappa shape index (κ1) is 17.8. The van der Waals surface area contributed by atoms with Crippen molar-refractivity contribution in [1.82, 2.24) is 5.32 Å². The molecule has 0 spiro atoms. The summed E-state index contributed by atoms with van der Waals surface area (Å²) in [5, 5.41) is 2.58. The normalized spacial score (nSPS) is 13.9. The second kappa shape index (κ2) is 9.66. The summed E-state index contributed by atoms with van der Waals surface area (Å²) < 4.78 is 5.18. The highest BCUT2D eigenvalue weighted by Crippen LogP contribution is 2.03. The predicted molar refractivity (Wildman–Crippen MR) is 74.4 cm³/mol. The van der Waals surface area contributed by atoms with Crippen LogP contribution in [0.4, 0.5) is 0 Å². The summed E-state index contributed by atoms with van der Waals surface area (Å²) in [7, 11) is 0. The van der Waals surface area contributed by atoms with Gasteiger partial charge in [0.1, 0.15) is 6.04 Å². The zero-order chi connectivity index (χ0) is 14.8. The lowest BCUT2D eigenvalue weighted by molar-refractivity contribution is -0.129. The fourth-order valence-electron chi connectivity index (χ4n) is 1.52. The monoisotopic (exact) mass is 271 g/mol. The number of carbonyl (C=O) groups excluding carboxylic acids is 2. The molecule has 0 heterocycles. The molecule has 0 bridgehead atoms. The average Bonchev–Trinajstić information content (AvgIpc) is 2.35. The second-order valence-electron chi connectivity index (χ2n) is 4.79. The van der Waals surface area contributed by atoms with Gasteiger partial charge in [-0.3, -0.25) is 9.59 Å². The molecule has 0 aliphatic rings. The van der Waals surface area contributed by atoms with Gasteiger partial charge in [-0.1, -0.05) is 19.9 Å². The van der Waals surface area contributed by atoms with E-state index in [4.69, 9.17) is 16.2 Å². The van der Waals surface area contributed by atoms with E-state index in [1.165, 1.54) is 0 Å². The molecule has 0 unspecified atom stereocenters. The SMILES string of the molecule is C=CCOC[C@H](NC(=O)[C@H](N)CC(C)C)C(=O)CN. The molecule has 6 nitrogen and oxygen atoms in total. The van der Waals surface area contributed by atoms with Crippen LogP contribution < -0.4 is 16.8 Å². The second-order valence-corrected chi connectivity index (χ2v) is 4.79. The van der Waals surface area contributed by atoms with E-state index in [1.54, 1.807) is 6.08 Å².